The molecule has 0 fully saturated rings. The lowest BCUT2D eigenvalue weighted by atomic mass is 9.99. The molecule has 0 radical (unpaired) electrons. The molecule has 0 unspecified atom stereocenters. The number of benzene rings is 3. The Labute approximate surface area is 195 Å². The molecule has 2 N–H and O–H groups in total. The van der Waals surface area contributed by atoms with Crippen LogP contribution in [0.25, 0.3) is 0 Å². The summed E-state index contributed by atoms with van der Waals surface area (Å²) in [7, 11) is 0. The summed E-state index contributed by atoms with van der Waals surface area (Å²) in [5.74, 6) is -0.407. The van der Waals surface area contributed by atoms with Crippen molar-refractivity contribution in [3.05, 3.63) is 101 Å². The van der Waals surface area contributed by atoms with Crippen molar-refractivity contribution in [2.75, 3.05) is 11.9 Å². The van der Waals surface area contributed by atoms with Gasteiger partial charge in [-0.25, -0.2) is 0 Å². The molecule has 3 aromatic rings. The van der Waals surface area contributed by atoms with Gasteiger partial charge in [-0.05, 0) is 60.7 Å². The fraction of sp³-hybridized carbons (Fsp3) is 0.286. The fourth-order valence-electron chi connectivity index (χ4n) is 4.10. The monoisotopic (exact) mass is 441 g/mol. The summed E-state index contributed by atoms with van der Waals surface area (Å²) in [4.78, 5) is 27.9. The normalized spacial score (nSPS) is 14.2. The molecule has 0 spiro atoms. The average Bonchev–Trinajstić information content (AvgIpc) is 2.84. The lowest BCUT2D eigenvalue weighted by molar-refractivity contribution is 0.0940. The molecular formula is C28H31N3O2. The van der Waals surface area contributed by atoms with Crippen molar-refractivity contribution < 1.29 is 9.59 Å². The first-order chi connectivity index (χ1) is 16.0. The number of carbonyl (C=O) groups is 2. The van der Waals surface area contributed by atoms with Crippen LogP contribution in [-0.4, -0.2) is 29.3 Å². The van der Waals surface area contributed by atoms with Crippen molar-refractivity contribution in [3.8, 4) is 0 Å². The van der Waals surface area contributed by atoms with E-state index < -0.39 is 0 Å². The Morgan fingerprint density at radius 2 is 1.61 bits per heavy atom. The minimum atomic E-state index is -0.225. The summed E-state index contributed by atoms with van der Waals surface area (Å²) < 4.78 is 0. The lowest BCUT2D eigenvalue weighted by Crippen LogP contribution is -2.32. The molecule has 5 heteroatoms. The van der Waals surface area contributed by atoms with Gasteiger partial charge in [-0.3, -0.25) is 14.5 Å². The Morgan fingerprint density at radius 3 is 2.36 bits per heavy atom. The quantitative estimate of drug-likeness (QED) is 0.541. The Hall–Kier alpha value is -3.44. The van der Waals surface area contributed by atoms with Gasteiger partial charge in [0, 0.05) is 31.2 Å². The highest BCUT2D eigenvalue weighted by Gasteiger charge is 2.17. The fourth-order valence-corrected chi connectivity index (χ4v) is 4.10. The molecule has 3 aromatic carbocycles. The number of hydrogen-bond donors (Lipinski definition) is 2. The van der Waals surface area contributed by atoms with E-state index in [0.717, 1.165) is 32.5 Å². The Bertz CT molecular complexity index is 1120. The zero-order valence-corrected chi connectivity index (χ0v) is 19.3. The van der Waals surface area contributed by atoms with E-state index in [2.05, 4.69) is 39.8 Å². The predicted molar refractivity (Wildman–Crippen MR) is 132 cm³/mol. The Balaban J connectivity index is 1.39. The number of hydrogen-bond acceptors (Lipinski definition) is 3. The van der Waals surface area contributed by atoms with E-state index in [0.29, 0.717) is 16.8 Å². The first-order valence-electron chi connectivity index (χ1n) is 11.6. The first kappa shape index (κ1) is 22.7. The number of nitrogens with one attached hydrogen (secondary N) is 2. The second-order valence-electron chi connectivity index (χ2n) is 8.71. The summed E-state index contributed by atoms with van der Waals surface area (Å²) in [6.45, 7) is 6.83. The molecule has 4 rings (SSSR count). The maximum Gasteiger partial charge on any atom is 0.255 e. The van der Waals surface area contributed by atoms with E-state index in [9.17, 15) is 9.59 Å². The van der Waals surface area contributed by atoms with Gasteiger partial charge in [-0.15, -0.1) is 0 Å². The van der Waals surface area contributed by atoms with Crippen molar-refractivity contribution in [1.82, 2.24) is 10.2 Å². The molecule has 0 bridgehead atoms. The van der Waals surface area contributed by atoms with Crippen molar-refractivity contribution in [2.24, 2.45) is 0 Å². The van der Waals surface area contributed by atoms with E-state index in [-0.39, 0.29) is 17.9 Å². The molecule has 1 atom stereocenters. The smallest absolute Gasteiger partial charge is 0.255 e. The van der Waals surface area contributed by atoms with Crippen LogP contribution in [0.2, 0.25) is 0 Å². The van der Waals surface area contributed by atoms with E-state index in [1.807, 2.05) is 44.2 Å². The average molecular weight is 442 g/mol. The summed E-state index contributed by atoms with van der Waals surface area (Å²) >= 11 is 0. The van der Waals surface area contributed by atoms with Crippen LogP contribution in [0.5, 0.6) is 0 Å². The molecule has 0 saturated carbocycles. The van der Waals surface area contributed by atoms with E-state index in [1.54, 1.807) is 18.2 Å². The predicted octanol–water partition coefficient (Wildman–Crippen LogP) is 5.03. The molecule has 0 saturated heterocycles. The maximum atomic E-state index is 12.9. The van der Waals surface area contributed by atoms with Crippen LogP contribution in [0, 0.1) is 0 Å². The van der Waals surface area contributed by atoms with E-state index in [1.165, 1.54) is 16.7 Å². The highest BCUT2D eigenvalue weighted by molar-refractivity contribution is 6.09. The molecule has 0 aromatic heterocycles. The van der Waals surface area contributed by atoms with Crippen molar-refractivity contribution in [3.63, 3.8) is 0 Å². The zero-order chi connectivity index (χ0) is 23.2. The highest BCUT2D eigenvalue weighted by atomic mass is 16.2. The van der Waals surface area contributed by atoms with Gasteiger partial charge in [-0.1, -0.05) is 55.5 Å². The van der Waals surface area contributed by atoms with Crippen molar-refractivity contribution >= 4 is 17.5 Å². The van der Waals surface area contributed by atoms with Gasteiger partial charge >= 0.3 is 0 Å². The minimum absolute atomic E-state index is 0.0715. The molecule has 1 heterocycles. The van der Waals surface area contributed by atoms with Crippen LogP contribution in [0.15, 0.2) is 72.8 Å². The van der Waals surface area contributed by atoms with Crippen molar-refractivity contribution in [1.29, 1.82) is 0 Å². The topological polar surface area (TPSA) is 61.4 Å². The second kappa shape index (κ2) is 10.5. The van der Waals surface area contributed by atoms with Gasteiger partial charge in [0.05, 0.1) is 11.3 Å². The van der Waals surface area contributed by atoms with Gasteiger partial charge in [0.2, 0.25) is 0 Å². The lowest BCUT2D eigenvalue weighted by Gasteiger charge is -2.28. The standard InChI is InChI=1S/C28H31N3O2/c1-3-20(2)29-28(33)25-10-6-7-11-26(25)30-27(32)23-14-12-21(13-15-23)18-31-17-16-22-8-4-5-9-24(22)19-31/h4-15,20H,3,16-19H2,1-2H3,(H,29,33)(H,30,32)/t20-/m0/s1. The second-order valence-corrected chi connectivity index (χ2v) is 8.71. The van der Waals surface area contributed by atoms with Crippen molar-refractivity contribution in [2.45, 2.75) is 45.8 Å². The third-order valence-corrected chi connectivity index (χ3v) is 6.24. The van der Waals surface area contributed by atoms with Gasteiger partial charge in [0.1, 0.15) is 0 Å². The molecular weight excluding hydrogens is 410 g/mol. The summed E-state index contributed by atoms with van der Waals surface area (Å²) in [5.41, 5.74) is 5.57. The number of nitrogens with zero attached hydrogens (tertiary/aromatic N) is 1. The summed E-state index contributed by atoms with van der Waals surface area (Å²) in [6, 6.07) is 23.5. The number of anilines is 1. The molecule has 0 aliphatic carbocycles. The molecule has 2 amide bonds. The van der Waals surface area contributed by atoms with Crippen LogP contribution < -0.4 is 10.6 Å². The van der Waals surface area contributed by atoms with Crippen LogP contribution in [0.4, 0.5) is 5.69 Å². The molecule has 170 valence electrons. The number of amides is 2. The molecule has 1 aliphatic rings. The van der Waals surface area contributed by atoms with Crippen LogP contribution in [-0.2, 0) is 19.5 Å². The largest absolute Gasteiger partial charge is 0.350 e. The number of carbonyl (C=O) groups excluding carboxylic acids is 2. The Morgan fingerprint density at radius 1 is 0.909 bits per heavy atom. The summed E-state index contributed by atoms with van der Waals surface area (Å²) in [6.07, 6.45) is 1.91. The van der Waals surface area contributed by atoms with Crippen LogP contribution in [0.3, 0.4) is 0 Å². The zero-order valence-electron chi connectivity index (χ0n) is 19.3. The van der Waals surface area contributed by atoms with Crippen LogP contribution >= 0.6 is 0 Å². The number of fused-ring (bicyclic) bond motifs is 1. The molecule has 33 heavy (non-hydrogen) atoms. The highest BCUT2D eigenvalue weighted by Crippen LogP contribution is 2.21. The summed E-state index contributed by atoms with van der Waals surface area (Å²) in [5, 5.41) is 5.86. The number of para-hydroxylation sites is 1. The SMILES string of the molecule is CC[C@H](C)NC(=O)c1ccccc1NC(=O)c1ccc(CN2CCc3ccccc3C2)cc1. The van der Waals surface area contributed by atoms with Gasteiger partial charge in [0.15, 0.2) is 0 Å². The van der Waals surface area contributed by atoms with Gasteiger partial charge < -0.3 is 10.6 Å². The third kappa shape index (κ3) is 5.68. The number of rotatable bonds is 7. The van der Waals surface area contributed by atoms with Gasteiger partial charge in [-0.2, -0.15) is 0 Å². The third-order valence-electron chi connectivity index (χ3n) is 6.24. The maximum absolute atomic E-state index is 12.9. The van der Waals surface area contributed by atoms with Gasteiger partial charge in [0.25, 0.3) is 11.8 Å². The Kier molecular flexibility index (Phi) is 7.20. The van der Waals surface area contributed by atoms with Crippen LogP contribution in [0.1, 0.15) is 57.7 Å². The minimum Gasteiger partial charge on any atom is -0.350 e. The van der Waals surface area contributed by atoms with E-state index in [4.69, 9.17) is 0 Å². The first-order valence-corrected chi connectivity index (χ1v) is 11.6. The molecule has 1 aliphatic heterocycles. The van der Waals surface area contributed by atoms with E-state index >= 15 is 0 Å². The molecule has 5 nitrogen and oxygen atoms in total.